The van der Waals surface area contributed by atoms with E-state index in [4.69, 9.17) is 44.5 Å². The van der Waals surface area contributed by atoms with E-state index in [2.05, 4.69) is 0 Å². The number of fused-ring (bicyclic) bond motifs is 1. The lowest BCUT2D eigenvalue weighted by atomic mass is 9.97. The maximum atomic E-state index is 13.8. The first-order chi connectivity index (χ1) is 16.5. The molecular formula is C26H26Cl3N3O3. The van der Waals surface area contributed by atoms with Gasteiger partial charge in [-0.05, 0) is 38.3 Å². The third-order valence-electron chi connectivity index (χ3n) is 6.22. The Labute approximate surface area is 219 Å². The van der Waals surface area contributed by atoms with Crippen molar-refractivity contribution in [1.82, 2.24) is 14.5 Å². The Morgan fingerprint density at radius 3 is 2.06 bits per heavy atom. The van der Waals surface area contributed by atoms with Crippen molar-refractivity contribution >= 4 is 40.9 Å². The van der Waals surface area contributed by atoms with Crippen molar-refractivity contribution < 1.29 is 9.53 Å². The first-order valence-electron chi connectivity index (χ1n) is 11.2. The van der Waals surface area contributed by atoms with Crippen molar-refractivity contribution in [2.75, 3.05) is 6.54 Å². The van der Waals surface area contributed by atoms with Crippen LogP contribution in [0.3, 0.4) is 0 Å². The third-order valence-corrected chi connectivity index (χ3v) is 7.58. The van der Waals surface area contributed by atoms with Crippen LogP contribution in [0.15, 0.2) is 65.5 Å². The van der Waals surface area contributed by atoms with Crippen molar-refractivity contribution in [3.8, 4) is 0 Å². The molecule has 0 spiro atoms. The molecule has 184 valence electrons. The average molecular weight is 535 g/mol. The molecule has 0 atom stereocenters. The number of carbonyl (C=O) groups is 1. The van der Waals surface area contributed by atoms with Crippen LogP contribution in [0, 0.1) is 6.92 Å². The van der Waals surface area contributed by atoms with Crippen LogP contribution < -0.4 is 5.56 Å². The number of carbonyl (C=O) groups excluding carboxylic acids is 1. The van der Waals surface area contributed by atoms with Crippen LogP contribution in [-0.4, -0.2) is 36.5 Å². The first-order valence-corrected chi connectivity index (χ1v) is 12.4. The number of halogens is 3. The summed E-state index contributed by atoms with van der Waals surface area (Å²) in [5.74, 6) is 0.559. The molecule has 0 aliphatic carbocycles. The highest BCUT2D eigenvalue weighted by molar-refractivity contribution is 6.68. The van der Waals surface area contributed by atoms with E-state index in [0.717, 1.165) is 11.1 Å². The molecule has 0 N–H and O–H groups in total. The van der Waals surface area contributed by atoms with Gasteiger partial charge in [-0.2, -0.15) is 0 Å². The summed E-state index contributed by atoms with van der Waals surface area (Å²) < 4.78 is 5.43. The van der Waals surface area contributed by atoms with Gasteiger partial charge < -0.3 is 9.64 Å². The van der Waals surface area contributed by atoms with Crippen molar-refractivity contribution in [1.29, 1.82) is 0 Å². The Morgan fingerprint density at radius 1 is 1.00 bits per heavy atom. The van der Waals surface area contributed by atoms with E-state index in [9.17, 15) is 9.59 Å². The van der Waals surface area contributed by atoms with Crippen LogP contribution in [0.4, 0.5) is 4.79 Å². The summed E-state index contributed by atoms with van der Waals surface area (Å²) in [5.41, 5.74) is 1.68. The zero-order valence-electron chi connectivity index (χ0n) is 19.7. The Balaban J connectivity index is 1.70. The minimum Gasteiger partial charge on any atom is -0.439 e. The molecule has 2 heterocycles. The maximum Gasteiger partial charge on any atom is 0.410 e. The van der Waals surface area contributed by atoms with Crippen LogP contribution in [0.5, 0.6) is 0 Å². The Hall–Kier alpha value is -2.54. The fourth-order valence-electron chi connectivity index (χ4n) is 4.18. The zero-order valence-corrected chi connectivity index (χ0v) is 21.9. The van der Waals surface area contributed by atoms with Gasteiger partial charge in [-0.25, -0.2) is 9.78 Å². The number of hydrogen-bond acceptors (Lipinski definition) is 4. The SMILES string of the molecule is Cc1nc2c(c(=O)n1C(c1ccccc1)c1ccccc1)CCN(C(=O)OC(C)(C)C(Cl)(Cl)Cl)C2. The number of aryl methyl sites for hydroxylation is 1. The maximum absolute atomic E-state index is 13.8. The second-order valence-electron chi connectivity index (χ2n) is 9.03. The van der Waals surface area contributed by atoms with Gasteiger partial charge in [-0.1, -0.05) is 95.5 Å². The molecular weight excluding hydrogens is 509 g/mol. The van der Waals surface area contributed by atoms with E-state index in [-0.39, 0.29) is 18.1 Å². The number of hydrogen-bond donors (Lipinski definition) is 0. The second-order valence-corrected chi connectivity index (χ2v) is 11.3. The van der Waals surface area contributed by atoms with Gasteiger partial charge in [0, 0.05) is 12.1 Å². The van der Waals surface area contributed by atoms with E-state index >= 15 is 0 Å². The molecule has 9 heteroatoms. The van der Waals surface area contributed by atoms with Gasteiger partial charge in [-0.3, -0.25) is 9.36 Å². The van der Waals surface area contributed by atoms with Gasteiger partial charge in [-0.15, -0.1) is 0 Å². The predicted molar refractivity (Wildman–Crippen MR) is 138 cm³/mol. The van der Waals surface area contributed by atoms with Crippen LogP contribution >= 0.6 is 34.8 Å². The number of rotatable bonds is 4. The molecule has 35 heavy (non-hydrogen) atoms. The van der Waals surface area contributed by atoms with E-state index in [1.54, 1.807) is 4.57 Å². The molecule has 1 amide bonds. The van der Waals surface area contributed by atoms with Crippen molar-refractivity contribution in [3.63, 3.8) is 0 Å². The summed E-state index contributed by atoms with van der Waals surface area (Å²) in [6, 6.07) is 19.4. The molecule has 1 aliphatic heterocycles. The predicted octanol–water partition coefficient (Wildman–Crippen LogP) is 5.83. The number of nitrogens with zero attached hydrogens (tertiary/aromatic N) is 3. The van der Waals surface area contributed by atoms with Crippen LogP contribution in [-0.2, 0) is 17.7 Å². The van der Waals surface area contributed by atoms with E-state index in [0.29, 0.717) is 30.0 Å². The summed E-state index contributed by atoms with van der Waals surface area (Å²) in [6.45, 7) is 5.31. The minimum atomic E-state index is -1.79. The van der Waals surface area contributed by atoms with Crippen LogP contribution in [0.2, 0.25) is 0 Å². The summed E-state index contributed by atoms with van der Waals surface area (Å²) >= 11 is 17.9. The number of alkyl halides is 3. The molecule has 4 rings (SSSR count). The molecule has 0 saturated carbocycles. The Morgan fingerprint density at radius 2 is 1.54 bits per heavy atom. The third kappa shape index (κ3) is 5.20. The lowest BCUT2D eigenvalue weighted by Crippen LogP contribution is -2.47. The molecule has 0 unspecified atom stereocenters. The number of benzene rings is 2. The number of amides is 1. The molecule has 0 radical (unpaired) electrons. The van der Waals surface area contributed by atoms with Gasteiger partial charge in [0.25, 0.3) is 5.56 Å². The molecule has 0 saturated heterocycles. The molecule has 2 aromatic carbocycles. The molecule has 1 aromatic heterocycles. The van der Waals surface area contributed by atoms with E-state index < -0.39 is 15.5 Å². The van der Waals surface area contributed by atoms with Gasteiger partial charge in [0.05, 0.1) is 18.3 Å². The topological polar surface area (TPSA) is 64.4 Å². The summed E-state index contributed by atoms with van der Waals surface area (Å²) in [5, 5.41) is 0. The zero-order chi connectivity index (χ0) is 25.4. The molecule has 0 bridgehead atoms. The summed E-state index contributed by atoms with van der Waals surface area (Å²) in [4.78, 5) is 32.8. The standard InChI is InChI=1S/C26H26Cl3N3O3/c1-17-30-21-16-31(24(34)35-25(2,3)26(27,28)29)15-14-20(21)23(33)32(17)22(18-10-6-4-7-11-18)19-12-8-5-9-13-19/h4-13,22H,14-16H2,1-3H3. The van der Waals surface area contributed by atoms with Crippen molar-refractivity contribution in [3.05, 3.63) is 99.2 Å². The van der Waals surface area contributed by atoms with Crippen LogP contribution in [0.25, 0.3) is 0 Å². The first kappa shape index (κ1) is 25.5. The van der Waals surface area contributed by atoms with Crippen molar-refractivity contribution in [2.45, 2.75) is 49.2 Å². The molecule has 6 nitrogen and oxygen atoms in total. The summed E-state index contributed by atoms with van der Waals surface area (Å²) in [6.07, 6.45) is -0.275. The molecule has 3 aromatic rings. The minimum absolute atomic E-state index is 0.111. The number of ether oxygens (including phenoxy) is 1. The van der Waals surface area contributed by atoms with Gasteiger partial charge >= 0.3 is 6.09 Å². The Bertz CT molecular complexity index is 1230. The second kappa shape index (κ2) is 9.84. The van der Waals surface area contributed by atoms with Gasteiger partial charge in [0.2, 0.25) is 3.79 Å². The molecule has 0 fully saturated rings. The van der Waals surface area contributed by atoms with E-state index in [1.165, 1.54) is 18.7 Å². The highest BCUT2D eigenvalue weighted by atomic mass is 35.6. The highest BCUT2D eigenvalue weighted by Gasteiger charge is 2.45. The lowest BCUT2D eigenvalue weighted by molar-refractivity contribution is 0.0131. The van der Waals surface area contributed by atoms with Crippen LogP contribution in [0.1, 0.15) is 48.1 Å². The monoisotopic (exact) mass is 533 g/mol. The highest BCUT2D eigenvalue weighted by Crippen LogP contribution is 2.40. The summed E-state index contributed by atoms with van der Waals surface area (Å²) in [7, 11) is 0. The van der Waals surface area contributed by atoms with Gasteiger partial charge in [0.15, 0.2) is 5.60 Å². The largest absolute Gasteiger partial charge is 0.439 e. The lowest BCUT2D eigenvalue weighted by Gasteiger charge is -2.35. The molecule has 1 aliphatic rings. The average Bonchev–Trinajstić information content (AvgIpc) is 2.81. The smallest absolute Gasteiger partial charge is 0.410 e. The fourth-order valence-corrected chi connectivity index (χ4v) is 4.30. The number of aromatic nitrogens is 2. The normalized spacial score (nSPS) is 14.1. The van der Waals surface area contributed by atoms with Gasteiger partial charge in [0.1, 0.15) is 5.82 Å². The fraction of sp³-hybridized carbons (Fsp3) is 0.346. The van der Waals surface area contributed by atoms with E-state index in [1.807, 2.05) is 67.6 Å². The van der Waals surface area contributed by atoms with Crippen molar-refractivity contribution in [2.24, 2.45) is 0 Å². The quantitative estimate of drug-likeness (QED) is 0.395. The Kier molecular flexibility index (Phi) is 7.18.